The number of amides is 2. The van der Waals surface area contributed by atoms with Gasteiger partial charge < -0.3 is 20.5 Å². The minimum Gasteiger partial charge on any atom is -0.475 e. The molecule has 2 heterocycles. The highest BCUT2D eigenvalue weighted by Gasteiger charge is 2.63. The molecule has 37 heavy (non-hydrogen) atoms. The maximum Gasteiger partial charge on any atom is 0.490 e. The number of nitrogens with one attached hydrogen (secondary N) is 2. The van der Waals surface area contributed by atoms with Crippen LogP contribution in [0.15, 0.2) is 30.3 Å². The Kier molecular flexibility index (Phi) is 9.54. The van der Waals surface area contributed by atoms with Crippen molar-refractivity contribution in [2.24, 2.45) is 5.92 Å². The Morgan fingerprint density at radius 3 is 2.41 bits per heavy atom. The van der Waals surface area contributed by atoms with E-state index in [9.17, 15) is 22.8 Å². The van der Waals surface area contributed by atoms with Gasteiger partial charge in [0.15, 0.2) is 0 Å². The minimum atomic E-state index is -5.08. The highest BCUT2D eigenvalue weighted by atomic mass is 19.4. The first kappa shape index (κ1) is 28.9. The molecule has 3 N–H and O–H groups in total. The second kappa shape index (κ2) is 12.2. The first-order valence-corrected chi connectivity index (χ1v) is 12.4. The summed E-state index contributed by atoms with van der Waals surface area (Å²) in [5, 5.41) is 15.2. The summed E-state index contributed by atoms with van der Waals surface area (Å²) in [6, 6.07) is 10.1. The molecule has 3 fully saturated rings. The number of carboxylic acid groups (broad SMARTS) is 1. The van der Waals surface area contributed by atoms with Gasteiger partial charge in [-0.05, 0) is 44.2 Å². The van der Waals surface area contributed by atoms with Crippen LogP contribution < -0.4 is 10.6 Å². The summed E-state index contributed by atoms with van der Waals surface area (Å²) in [6.45, 7) is 3.95. The number of benzene rings is 1. The molecule has 1 saturated carbocycles. The molecule has 12 heteroatoms. The van der Waals surface area contributed by atoms with Crippen molar-refractivity contribution in [2.75, 3.05) is 26.8 Å². The van der Waals surface area contributed by atoms with Crippen molar-refractivity contribution in [3.8, 4) is 0 Å². The number of rotatable bonds is 7. The Morgan fingerprint density at radius 2 is 1.89 bits per heavy atom. The molecule has 2 amide bonds. The van der Waals surface area contributed by atoms with Crippen LogP contribution >= 0.6 is 0 Å². The zero-order chi connectivity index (χ0) is 27.2. The van der Waals surface area contributed by atoms with Crippen molar-refractivity contribution in [1.82, 2.24) is 15.7 Å². The number of ether oxygens (including phenoxy) is 1. The van der Waals surface area contributed by atoms with Crippen LogP contribution in [-0.2, 0) is 24.0 Å². The number of carbonyl (C=O) groups is 3. The summed E-state index contributed by atoms with van der Waals surface area (Å²) < 4.78 is 37.4. The Hall–Kier alpha value is -2.70. The summed E-state index contributed by atoms with van der Waals surface area (Å²) in [7, 11) is 1.65. The zero-order valence-corrected chi connectivity index (χ0v) is 20.9. The number of halogens is 3. The Morgan fingerprint density at radius 1 is 1.22 bits per heavy atom. The molecule has 5 atom stereocenters. The summed E-state index contributed by atoms with van der Waals surface area (Å²) in [5.74, 6) is -3.44. The van der Waals surface area contributed by atoms with E-state index in [1.807, 2.05) is 37.3 Å². The minimum absolute atomic E-state index is 0.0431. The number of aliphatic carboxylic acids is 1. The van der Waals surface area contributed by atoms with Gasteiger partial charge >= 0.3 is 12.1 Å². The van der Waals surface area contributed by atoms with Gasteiger partial charge in [-0.15, -0.1) is 0 Å². The van der Waals surface area contributed by atoms with Crippen LogP contribution in [-0.4, -0.2) is 78.6 Å². The van der Waals surface area contributed by atoms with Crippen molar-refractivity contribution in [3.63, 3.8) is 0 Å². The quantitative estimate of drug-likeness (QED) is 0.497. The maximum absolute atomic E-state index is 13.5. The third-order valence-corrected chi connectivity index (χ3v) is 7.04. The smallest absolute Gasteiger partial charge is 0.475 e. The van der Waals surface area contributed by atoms with Crippen LogP contribution in [0.3, 0.4) is 0 Å². The molecule has 2 saturated heterocycles. The second-order valence-corrected chi connectivity index (χ2v) is 9.57. The highest BCUT2D eigenvalue weighted by Crippen LogP contribution is 2.53. The summed E-state index contributed by atoms with van der Waals surface area (Å²) in [5.41, 5.74) is 0.127. The van der Waals surface area contributed by atoms with Crippen molar-refractivity contribution < 1.29 is 42.2 Å². The van der Waals surface area contributed by atoms with E-state index in [1.165, 1.54) is 5.06 Å². The van der Waals surface area contributed by atoms with Crippen LogP contribution in [0.4, 0.5) is 13.2 Å². The number of alkyl halides is 3. The van der Waals surface area contributed by atoms with Gasteiger partial charge in [0.2, 0.25) is 5.91 Å². The Balaban J connectivity index is 0.000000479. The third-order valence-electron chi connectivity index (χ3n) is 7.04. The van der Waals surface area contributed by atoms with E-state index in [1.54, 1.807) is 7.11 Å². The molecule has 9 nitrogen and oxygen atoms in total. The number of hydrogen-bond donors (Lipinski definition) is 3. The number of hydrogen-bond acceptors (Lipinski definition) is 6. The summed E-state index contributed by atoms with van der Waals surface area (Å²) in [4.78, 5) is 41.3. The lowest BCUT2D eigenvalue weighted by atomic mass is 9.94. The van der Waals surface area contributed by atoms with E-state index in [0.717, 1.165) is 37.8 Å². The van der Waals surface area contributed by atoms with E-state index in [-0.39, 0.29) is 35.8 Å². The molecule has 3 aliphatic rings. The van der Waals surface area contributed by atoms with Crippen LogP contribution in [0.5, 0.6) is 0 Å². The van der Waals surface area contributed by atoms with E-state index in [0.29, 0.717) is 19.6 Å². The molecule has 0 aromatic heterocycles. The number of methoxy groups -OCH3 is 1. The predicted molar refractivity (Wildman–Crippen MR) is 126 cm³/mol. The molecule has 0 radical (unpaired) electrons. The van der Waals surface area contributed by atoms with Crippen LogP contribution in [0.25, 0.3) is 0 Å². The largest absolute Gasteiger partial charge is 0.490 e. The van der Waals surface area contributed by atoms with Gasteiger partial charge in [0, 0.05) is 25.6 Å². The number of hydroxylamine groups is 2. The molecular weight excluding hydrogens is 495 g/mol. The first-order valence-electron chi connectivity index (χ1n) is 12.4. The van der Waals surface area contributed by atoms with Gasteiger partial charge in [-0.1, -0.05) is 37.3 Å². The van der Waals surface area contributed by atoms with E-state index in [2.05, 4.69) is 10.6 Å². The molecule has 206 valence electrons. The van der Waals surface area contributed by atoms with Gasteiger partial charge in [-0.2, -0.15) is 13.2 Å². The van der Waals surface area contributed by atoms with Crippen LogP contribution in [0.1, 0.15) is 50.5 Å². The van der Waals surface area contributed by atoms with Crippen molar-refractivity contribution in [3.05, 3.63) is 35.9 Å². The lowest BCUT2D eigenvalue weighted by Gasteiger charge is -2.32. The molecule has 1 aliphatic carbocycles. The second-order valence-electron chi connectivity index (χ2n) is 9.57. The monoisotopic (exact) mass is 529 g/mol. The highest BCUT2D eigenvalue weighted by molar-refractivity contribution is 5.96. The molecule has 0 unspecified atom stereocenters. The van der Waals surface area contributed by atoms with Crippen LogP contribution in [0, 0.1) is 5.92 Å². The molecule has 1 aromatic rings. The molecular formula is C25H34F3N3O6. The van der Waals surface area contributed by atoms with E-state index >= 15 is 0 Å². The standard InChI is InChI=1S/C23H33N3O4.C2HF3O2/c1-16(20(29-2)19-11-8-12-24-19)21(27)25-23(22(28)26-13-6-7-14-30-26)15-18(23)17-9-4-3-5-10-17;3-2(4,5)1(6)7/h3-5,9-10,16,18-20,24H,6-8,11-15H2,1-2H3,(H,25,27);(H,6,7)/t16-,18-,19+,20-,23+;/m1./s1. The van der Waals surface area contributed by atoms with Gasteiger partial charge in [0.1, 0.15) is 5.54 Å². The average Bonchev–Trinajstić information content (AvgIpc) is 3.35. The van der Waals surface area contributed by atoms with E-state index in [4.69, 9.17) is 19.5 Å². The fourth-order valence-electron chi connectivity index (χ4n) is 4.95. The van der Waals surface area contributed by atoms with Gasteiger partial charge in [-0.25, -0.2) is 9.86 Å². The Bertz CT molecular complexity index is 935. The molecule has 0 bridgehead atoms. The molecule has 1 aromatic carbocycles. The molecule has 2 aliphatic heterocycles. The lowest BCUT2D eigenvalue weighted by molar-refractivity contribution is -0.200. The normalized spacial score (nSPS) is 26.9. The fraction of sp³-hybridized carbons (Fsp3) is 0.640. The SMILES string of the molecule is CO[C@@H]([C@@H]1CCCN1)[C@@H](C)C(=O)N[C@@]1(C(=O)N2CCCCO2)C[C@@H]1c1ccccc1.O=C(O)C(F)(F)F. The maximum atomic E-state index is 13.5. The first-order chi connectivity index (χ1) is 17.5. The van der Waals surface area contributed by atoms with Crippen molar-refractivity contribution in [1.29, 1.82) is 0 Å². The number of nitrogens with zero attached hydrogens (tertiary/aromatic N) is 1. The lowest BCUT2D eigenvalue weighted by Crippen LogP contribution is -2.56. The van der Waals surface area contributed by atoms with Crippen molar-refractivity contribution >= 4 is 17.8 Å². The fourth-order valence-corrected chi connectivity index (χ4v) is 4.95. The van der Waals surface area contributed by atoms with Gasteiger partial charge in [0.25, 0.3) is 5.91 Å². The average molecular weight is 530 g/mol. The predicted octanol–water partition coefficient (Wildman–Crippen LogP) is 2.62. The molecule has 0 spiro atoms. The number of carboxylic acids is 1. The number of carbonyl (C=O) groups excluding carboxylic acids is 2. The molecule has 4 rings (SSSR count). The van der Waals surface area contributed by atoms with Crippen molar-refractivity contribution in [2.45, 2.75) is 68.8 Å². The van der Waals surface area contributed by atoms with Crippen LogP contribution in [0.2, 0.25) is 0 Å². The Labute approximate surface area is 213 Å². The summed E-state index contributed by atoms with van der Waals surface area (Å²) >= 11 is 0. The third kappa shape index (κ3) is 6.99. The zero-order valence-electron chi connectivity index (χ0n) is 20.9. The topological polar surface area (TPSA) is 117 Å². The van der Waals surface area contributed by atoms with E-state index < -0.39 is 17.7 Å². The summed E-state index contributed by atoms with van der Waals surface area (Å²) in [6.07, 6.45) is -0.765. The van der Waals surface area contributed by atoms with Gasteiger partial charge in [0.05, 0.1) is 18.6 Å². The van der Waals surface area contributed by atoms with Gasteiger partial charge in [-0.3, -0.25) is 14.4 Å².